The Morgan fingerprint density at radius 2 is 2.19 bits per heavy atom. The highest BCUT2D eigenvalue weighted by atomic mass is 19.3. The molecule has 1 aromatic rings. The van der Waals surface area contributed by atoms with Crippen molar-refractivity contribution in [1.29, 1.82) is 5.26 Å². The molecular weight excluding hydrogens is 216 g/mol. The first-order valence-corrected chi connectivity index (χ1v) is 4.54. The van der Waals surface area contributed by atoms with Gasteiger partial charge in [-0.05, 0) is 18.2 Å². The molecule has 0 aromatic heterocycles. The molecule has 1 atom stereocenters. The van der Waals surface area contributed by atoms with E-state index in [2.05, 4.69) is 5.32 Å². The second kappa shape index (κ2) is 5.28. The summed E-state index contributed by atoms with van der Waals surface area (Å²) in [5, 5.41) is 20.1. The molecule has 0 spiro atoms. The fourth-order valence-corrected chi connectivity index (χ4v) is 1.09. The number of halogens is 2. The molecular formula is C10H11F2N3O. The van der Waals surface area contributed by atoms with Crippen molar-refractivity contribution in [1.82, 2.24) is 0 Å². The van der Waals surface area contributed by atoms with Crippen LogP contribution in [0, 0.1) is 11.3 Å². The van der Waals surface area contributed by atoms with Crippen molar-refractivity contribution < 1.29 is 13.9 Å². The molecule has 0 amide bonds. The molecule has 0 saturated heterocycles. The van der Waals surface area contributed by atoms with Crippen molar-refractivity contribution in [2.45, 2.75) is 12.5 Å². The Balaban J connectivity index is 2.63. The van der Waals surface area contributed by atoms with Crippen LogP contribution in [0.2, 0.25) is 0 Å². The Labute approximate surface area is 91.3 Å². The van der Waals surface area contributed by atoms with E-state index in [1.165, 1.54) is 18.2 Å². The van der Waals surface area contributed by atoms with Gasteiger partial charge in [-0.1, -0.05) is 0 Å². The second-order valence-electron chi connectivity index (χ2n) is 3.20. The normalized spacial score (nSPS) is 12.2. The largest absolute Gasteiger partial charge is 0.398 e. The molecule has 0 saturated carbocycles. The van der Waals surface area contributed by atoms with E-state index in [1.807, 2.05) is 6.07 Å². The Hall–Kier alpha value is -1.87. The zero-order valence-electron chi connectivity index (χ0n) is 8.32. The minimum Gasteiger partial charge on any atom is -0.398 e. The first kappa shape index (κ1) is 12.2. The number of nitriles is 1. The topological polar surface area (TPSA) is 82.1 Å². The highest BCUT2D eigenvalue weighted by Gasteiger charge is 2.15. The molecule has 0 fully saturated rings. The first-order chi connectivity index (χ1) is 7.54. The highest BCUT2D eigenvalue weighted by molar-refractivity contribution is 5.62. The van der Waals surface area contributed by atoms with Gasteiger partial charge >= 0.3 is 0 Å². The van der Waals surface area contributed by atoms with Crippen molar-refractivity contribution in [3.63, 3.8) is 0 Å². The number of nitrogens with one attached hydrogen (secondary N) is 1. The van der Waals surface area contributed by atoms with Gasteiger partial charge in [-0.3, -0.25) is 0 Å². The summed E-state index contributed by atoms with van der Waals surface area (Å²) in [6, 6.07) is 6.35. The number of nitrogens with zero attached hydrogens (tertiary/aromatic N) is 1. The molecule has 6 heteroatoms. The Morgan fingerprint density at radius 1 is 1.50 bits per heavy atom. The Kier molecular flexibility index (Phi) is 4.03. The number of rotatable bonds is 4. The van der Waals surface area contributed by atoms with Gasteiger partial charge in [0.15, 0.2) is 0 Å². The van der Waals surface area contributed by atoms with Gasteiger partial charge in [0, 0.05) is 12.2 Å². The number of alkyl halides is 2. The third-order valence-electron chi connectivity index (χ3n) is 1.98. The second-order valence-corrected chi connectivity index (χ2v) is 3.20. The lowest BCUT2D eigenvalue weighted by Gasteiger charge is -2.12. The van der Waals surface area contributed by atoms with Gasteiger partial charge in [0.05, 0.1) is 11.3 Å². The lowest BCUT2D eigenvalue weighted by molar-refractivity contribution is 0.00385. The van der Waals surface area contributed by atoms with Crippen LogP contribution in [-0.2, 0) is 0 Å². The molecule has 16 heavy (non-hydrogen) atoms. The molecule has 0 bridgehead atoms. The molecule has 4 N–H and O–H groups in total. The van der Waals surface area contributed by atoms with Crippen LogP contribution in [0.15, 0.2) is 18.2 Å². The van der Waals surface area contributed by atoms with E-state index in [0.29, 0.717) is 11.3 Å². The quantitative estimate of drug-likeness (QED) is 0.674. The molecule has 0 heterocycles. The third-order valence-corrected chi connectivity index (χ3v) is 1.98. The van der Waals surface area contributed by atoms with Crippen LogP contribution in [0.25, 0.3) is 0 Å². The van der Waals surface area contributed by atoms with E-state index in [4.69, 9.17) is 16.1 Å². The monoisotopic (exact) mass is 227 g/mol. The Morgan fingerprint density at radius 3 is 2.69 bits per heavy atom. The number of aliphatic hydroxyl groups excluding tert-OH is 1. The van der Waals surface area contributed by atoms with Crippen molar-refractivity contribution in [2.24, 2.45) is 0 Å². The highest BCUT2D eigenvalue weighted by Crippen LogP contribution is 2.17. The fraction of sp³-hybridized carbons (Fsp3) is 0.300. The molecule has 1 rings (SSSR count). The van der Waals surface area contributed by atoms with Gasteiger partial charge in [0.2, 0.25) is 0 Å². The standard InChI is InChI=1S/C10H11F2N3O/c11-10(12)9(16)5-15-7-2-1-6(4-13)8(14)3-7/h1-3,9-10,15-16H,5,14H2. The minimum atomic E-state index is -2.79. The van der Waals surface area contributed by atoms with Crippen molar-refractivity contribution in [2.75, 3.05) is 17.6 Å². The summed E-state index contributed by atoms with van der Waals surface area (Å²) in [5.41, 5.74) is 6.59. The smallest absolute Gasteiger partial charge is 0.265 e. The molecule has 0 aliphatic carbocycles. The Bertz CT molecular complexity index is 404. The molecule has 1 aromatic carbocycles. The number of hydrogen-bond donors (Lipinski definition) is 3. The van der Waals surface area contributed by atoms with E-state index in [1.54, 1.807) is 0 Å². The number of aliphatic hydroxyl groups is 1. The summed E-state index contributed by atoms with van der Waals surface area (Å²) in [6.07, 6.45) is -4.51. The van der Waals surface area contributed by atoms with Gasteiger partial charge in [-0.2, -0.15) is 5.26 Å². The number of hydrogen-bond acceptors (Lipinski definition) is 4. The van der Waals surface area contributed by atoms with Crippen LogP contribution in [0.3, 0.4) is 0 Å². The molecule has 0 aliphatic rings. The van der Waals surface area contributed by atoms with Gasteiger partial charge in [0.25, 0.3) is 6.43 Å². The summed E-state index contributed by atoms with van der Waals surface area (Å²) in [5.74, 6) is 0. The molecule has 1 unspecified atom stereocenters. The van der Waals surface area contributed by atoms with Crippen LogP contribution in [0.4, 0.5) is 20.2 Å². The molecule has 0 aliphatic heterocycles. The van der Waals surface area contributed by atoms with Crippen LogP contribution in [-0.4, -0.2) is 24.2 Å². The van der Waals surface area contributed by atoms with Gasteiger partial charge in [-0.15, -0.1) is 0 Å². The summed E-state index contributed by atoms with van der Waals surface area (Å²) in [6.45, 7) is -0.275. The third kappa shape index (κ3) is 3.07. The van der Waals surface area contributed by atoms with Crippen molar-refractivity contribution in [3.05, 3.63) is 23.8 Å². The first-order valence-electron chi connectivity index (χ1n) is 4.54. The number of nitrogen functional groups attached to an aromatic ring is 1. The summed E-state index contributed by atoms with van der Waals surface area (Å²) in [7, 11) is 0. The van der Waals surface area contributed by atoms with Crippen LogP contribution in [0.1, 0.15) is 5.56 Å². The van der Waals surface area contributed by atoms with Gasteiger partial charge in [0.1, 0.15) is 12.2 Å². The lowest BCUT2D eigenvalue weighted by atomic mass is 10.2. The zero-order valence-corrected chi connectivity index (χ0v) is 8.32. The van der Waals surface area contributed by atoms with E-state index in [9.17, 15) is 8.78 Å². The summed E-state index contributed by atoms with van der Waals surface area (Å²) < 4.78 is 23.9. The SMILES string of the molecule is N#Cc1ccc(NCC(O)C(F)F)cc1N. The van der Waals surface area contributed by atoms with E-state index in [0.717, 1.165) is 0 Å². The van der Waals surface area contributed by atoms with Crippen molar-refractivity contribution in [3.8, 4) is 6.07 Å². The van der Waals surface area contributed by atoms with E-state index < -0.39 is 12.5 Å². The number of anilines is 2. The van der Waals surface area contributed by atoms with Crippen LogP contribution in [0.5, 0.6) is 0 Å². The van der Waals surface area contributed by atoms with Crippen molar-refractivity contribution >= 4 is 11.4 Å². The average Bonchev–Trinajstić information content (AvgIpc) is 2.25. The van der Waals surface area contributed by atoms with Gasteiger partial charge < -0.3 is 16.2 Å². The molecule has 86 valence electrons. The maximum absolute atomic E-state index is 12.0. The molecule has 0 radical (unpaired) electrons. The predicted octanol–water partition coefficient (Wildman–Crippen LogP) is 1.18. The fourth-order valence-electron chi connectivity index (χ4n) is 1.09. The van der Waals surface area contributed by atoms with Crippen LogP contribution < -0.4 is 11.1 Å². The number of benzene rings is 1. The summed E-state index contributed by atoms with van der Waals surface area (Å²) in [4.78, 5) is 0. The predicted molar refractivity (Wildman–Crippen MR) is 56.1 cm³/mol. The average molecular weight is 227 g/mol. The lowest BCUT2D eigenvalue weighted by Crippen LogP contribution is -2.26. The maximum Gasteiger partial charge on any atom is 0.265 e. The minimum absolute atomic E-state index is 0.263. The number of nitrogens with two attached hydrogens (primary N) is 1. The molecule has 4 nitrogen and oxygen atoms in total. The summed E-state index contributed by atoms with van der Waals surface area (Å²) >= 11 is 0. The van der Waals surface area contributed by atoms with Crippen LogP contribution >= 0.6 is 0 Å². The van der Waals surface area contributed by atoms with E-state index in [-0.39, 0.29) is 12.2 Å². The van der Waals surface area contributed by atoms with E-state index >= 15 is 0 Å². The maximum atomic E-state index is 12.0. The van der Waals surface area contributed by atoms with Gasteiger partial charge in [-0.25, -0.2) is 8.78 Å². The zero-order chi connectivity index (χ0) is 12.1.